The molecule has 114 valence electrons. The Morgan fingerprint density at radius 1 is 1.48 bits per heavy atom. The first-order chi connectivity index (χ1) is 10.2. The fraction of sp³-hybridized carbons (Fsp3) is 0.533. The first-order valence-electron chi connectivity index (χ1n) is 7.11. The van der Waals surface area contributed by atoms with Gasteiger partial charge in [-0.1, -0.05) is 0 Å². The van der Waals surface area contributed by atoms with Crippen LogP contribution in [0.1, 0.15) is 30.1 Å². The van der Waals surface area contributed by atoms with Gasteiger partial charge in [0.05, 0.1) is 19.6 Å². The van der Waals surface area contributed by atoms with Gasteiger partial charge < -0.3 is 14.4 Å². The fourth-order valence-corrected chi connectivity index (χ4v) is 2.45. The van der Waals surface area contributed by atoms with Gasteiger partial charge in [0.1, 0.15) is 0 Å². The van der Waals surface area contributed by atoms with E-state index in [1.165, 1.54) is 7.11 Å². The Bertz CT molecular complexity index is 518. The zero-order chi connectivity index (χ0) is 15.2. The molecule has 1 atom stereocenters. The quantitative estimate of drug-likeness (QED) is 0.787. The monoisotopic (exact) mass is 292 g/mol. The zero-order valence-electron chi connectivity index (χ0n) is 12.4. The Balaban J connectivity index is 2.06. The van der Waals surface area contributed by atoms with Gasteiger partial charge in [-0.05, 0) is 25.8 Å². The minimum Gasteiger partial charge on any atom is -0.481 e. The van der Waals surface area contributed by atoms with Crippen molar-refractivity contribution in [3.05, 3.63) is 23.9 Å². The molecule has 1 fully saturated rings. The summed E-state index contributed by atoms with van der Waals surface area (Å²) in [6, 6.07) is 3.26. The molecule has 21 heavy (non-hydrogen) atoms. The molecule has 1 aliphatic heterocycles. The maximum atomic E-state index is 12.5. The first-order valence-corrected chi connectivity index (χ1v) is 7.11. The molecular formula is C15H20N2O4. The van der Waals surface area contributed by atoms with E-state index in [1.54, 1.807) is 30.2 Å². The summed E-state index contributed by atoms with van der Waals surface area (Å²) in [6.07, 6.45) is 3.11. The maximum absolute atomic E-state index is 12.5. The number of amides is 1. The van der Waals surface area contributed by atoms with Crippen LogP contribution in [0, 0.1) is 5.92 Å². The van der Waals surface area contributed by atoms with Gasteiger partial charge in [-0.2, -0.15) is 0 Å². The molecule has 0 aliphatic carbocycles. The summed E-state index contributed by atoms with van der Waals surface area (Å²) in [5.74, 6) is -0.154. The number of nitrogens with zero attached hydrogens (tertiary/aromatic N) is 2. The Morgan fingerprint density at radius 3 is 3.00 bits per heavy atom. The van der Waals surface area contributed by atoms with E-state index in [-0.39, 0.29) is 17.8 Å². The van der Waals surface area contributed by atoms with E-state index in [1.807, 2.05) is 0 Å². The second kappa shape index (κ2) is 7.06. The van der Waals surface area contributed by atoms with Crippen LogP contribution in [0.3, 0.4) is 0 Å². The topological polar surface area (TPSA) is 68.7 Å². The highest BCUT2D eigenvalue weighted by Gasteiger charge is 2.29. The first kappa shape index (κ1) is 15.3. The lowest BCUT2D eigenvalue weighted by molar-refractivity contribution is -0.149. The largest absolute Gasteiger partial charge is 0.481 e. The lowest BCUT2D eigenvalue weighted by atomic mass is 9.97. The van der Waals surface area contributed by atoms with Crippen molar-refractivity contribution in [2.24, 2.45) is 5.92 Å². The number of hydrogen-bond acceptors (Lipinski definition) is 5. The van der Waals surface area contributed by atoms with Crippen LogP contribution in [0.5, 0.6) is 5.88 Å². The molecule has 1 unspecified atom stereocenters. The molecule has 6 nitrogen and oxygen atoms in total. The van der Waals surface area contributed by atoms with E-state index in [9.17, 15) is 9.59 Å². The van der Waals surface area contributed by atoms with Crippen LogP contribution in [0.2, 0.25) is 0 Å². The summed E-state index contributed by atoms with van der Waals surface area (Å²) in [5, 5.41) is 0. The van der Waals surface area contributed by atoms with Crippen molar-refractivity contribution >= 4 is 11.9 Å². The van der Waals surface area contributed by atoms with E-state index < -0.39 is 0 Å². The predicted molar refractivity (Wildman–Crippen MR) is 76.0 cm³/mol. The number of pyridine rings is 1. The van der Waals surface area contributed by atoms with Crippen LogP contribution in [0.15, 0.2) is 18.3 Å². The molecule has 1 amide bonds. The molecule has 0 aromatic carbocycles. The highest BCUT2D eigenvalue weighted by Crippen LogP contribution is 2.20. The Morgan fingerprint density at radius 2 is 2.29 bits per heavy atom. The summed E-state index contributed by atoms with van der Waals surface area (Å²) in [4.78, 5) is 30.0. The molecule has 2 heterocycles. The molecular weight excluding hydrogens is 272 g/mol. The van der Waals surface area contributed by atoms with Crippen molar-refractivity contribution in [2.45, 2.75) is 19.8 Å². The zero-order valence-corrected chi connectivity index (χ0v) is 12.4. The summed E-state index contributed by atoms with van der Waals surface area (Å²) >= 11 is 0. The molecule has 0 N–H and O–H groups in total. The van der Waals surface area contributed by atoms with Crippen LogP contribution < -0.4 is 4.74 Å². The number of esters is 1. The van der Waals surface area contributed by atoms with Gasteiger partial charge in [-0.3, -0.25) is 9.59 Å². The maximum Gasteiger partial charge on any atom is 0.310 e. The Hall–Kier alpha value is -2.11. The third-order valence-electron chi connectivity index (χ3n) is 3.52. The number of piperidine rings is 1. The van der Waals surface area contributed by atoms with Gasteiger partial charge in [0.15, 0.2) is 0 Å². The van der Waals surface area contributed by atoms with Crippen molar-refractivity contribution in [2.75, 3.05) is 26.8 Å². The van der Waals surface area contributed by atoms with Crippen LogP contribution in [-0.4, -0.2) is 48.6 Å². The number of ether oxygens (including phenoxy) is 2. The van der Waals surface area contributed by atoms with Gasteiger partial charge in [-0.15, -0.1) is 0 Å². The van der Waals surface area contributed by atoms with Crippen LogP contribution in [-0.2, 0) is 9.53 Å². The van der Waals surface area contributed by atoms with Crippen LogP contribution in [0.25, 0.3) is 0 Å². The Labute approximate surface area is 124 Å². The van der Waals surface area contributed by atoms with Gasteiger partial charge in [-0.25, -0.2) is 4.98 Å². The van der Waals surface area contributed by atoms with Crippen LogP contribution in [0.4, 0.5) is 0 Å². The molecule has 0 spiro atoms. The van der Waals surface area contributed by atoms with Crippen molar-refractivity contribution in [3.8, 4) is 5.88 Å². The molecule has 0 saturated carbocycles. The van der Waals surface area contributed by atoms with E-state index in [0.717, 1.165) is 12.8 Å². The summed E-state index contributed by atoms with van der Waals surface area (Å²) in [7, 11) is 1.51. The van der Waals surface area contributed by atoms with Gasteiger partial charge in [0.25, 0.3) is 5.91 Å². The smallest absolute Gasteiger partial charge is 0.310 e. The highest BCUT2D eigenvalue weighted by molar-refractivity contribution is 5.94. The van der Waals surface area contributed by atoms with E-state index in [2.05, 4.69) is 4.98 Å². The number of carbonyl (C=O) groups excluding carboxylic acids is 2. The number of aromatic nitrogens is 1. The number of hydrogen-bond donors (Lipinski definition) is 0. The van der Waals surface area contributed by atoms with E-state index in [0.29, 0.717) is 31.1 Å². The molecule has 6 heteroatoms. The standard InChI is InChI=1S/C15H20N2O4/c1-3-21-15(19)12-5-4-8-17(10-12)14(18)11-6-7-16-13(9-11)20-2/h6-7,9,12H,3-5,8,10H2,1-2H3. The lowest BCUT2D eigenvalue weighted by Crippen LogP contribution is -2.42. The molecule has 1 aliphatic rings. The van der Waals surface area contributed by atoms with Crippen molar-refractivity contribution in [3.63, 3.8) is 0 Å². The minimum atomic E-state index is -0.230. The second-order valence-corrected chi connectivity index (χ2v) is 4.93. The molecule has 0 bridgehead atoms. The van der Waals surface area contributed by atoms with Crippen molar-refractivity contribution in [1.29, 1.82) is 0 Å². The number of methoxy groups -OCH3 is 1. The SMILES string of the molecule is CCOC(=O)C1CCCN(C(=O)c2ccnc(OC)c2)C1. The number of likely N-dealkylation sites (tertiary alicyclic amines) is 1. The van der Waals surface area contributed by atoms with Crippen molar-refractivity contribution < 1.29 is 19.1 Å². The third-order valence-corrected chi connectivity index (χ3v) is 3.52. The van der Waals surface area contributed by atoms with Crippen LogP contribution >= 0.6 is 0 Å². The molecule has 1 aromatic heterocycles. The van der Waals surface area contributed by atoms with E-state index in [4.69, 9.17) is 9.47 Å². The molecule has 2 rings (SSSR count). The Kier molecular flexibility index (Phi) is 5.14. The van der Waals surface area contributed by atoms with Gasteiger partial charge in [0, 0.05) is 30.9 Å². The number of carbonyl (C=O) groups is 2. The molecule has 1 aromatic rings. The normalized spacial score (nSPS) is 18.2. The van der Waals surface area contributed by atoms with Gasteiger partial charge in [0.2, 0.25) is 5.88 Å². The summed E-state index contributed by atoms with van der Waals surface area (Å²) in [6.45, 7) is 3.21. The molecule has 1 saturated heterocycles. The summed E-state index contributed by atoms with van der Waals surface area (Å²) < 4.78 is 10.1. The predicted octanol–water partition coefficient (Wildman–Crippen LogP) is 1.51. The average Bonchev–Trinajstić information content (AvgIpc) is 2.54. The second-order valence-electron chi connectivity index (χ2n) is 4.93. The highest BCUT2D eigenvalue weighted by atomic mass is 16.5. The molecule has 0 radical (unpaired) electrons. The fourth-order valence-electron chi connectivity index (χ4n) is 2.45. The number of rotatable bonds is 4. The summed E-state index contributed by atoms with van der Waals surface area (Å²) in [5.41, 5.74) is 0.520. The van der Waals surface area contributed by atoms with Gasteiger partial charge >= 0.3 is 5.97 Å². The minimum absolute atomic E-state index is 0.107. The lowest BCUT2D eigenvalue weighted by Gasteiger charge is -2.31. The third kappa shape index (κ3) is 3.71. The van der Waals surface area contributed by atoms with E-state index >= 15 is 0 Å². The van der Waals surface area contributed by atoms with Crippen molar-refractivity contribution in [1.82, 2.24) is 9.88 Å². The average molecular weight is 292 g/mol.